The van der Waals surface area contributed by atoms with Gasteiger partial charge in [-0.25, -0.2) is 4.79 Å². The van der Waals surface area contributed by atoms with Crippen LogP contribution >= 0.6 is 23.4 Å². The first-order valence-corrected chi connectivity index (χ1v) is 8.88. The number of thioether (sulfide) groups is 1. The molecule has 1 saturated carbocycles. The number of aromatic nitrogens is 3. The maximum atomic E-state index is 12.2. The molecule has 1 aliphatic carbocycles. The van der Waals surface area contributed by atoms with Crippen molar-refractivity contribution in [3.8, 4) is 0 Å². The first-order valence-electron chi connectivity index (χ1n) is 7.51. The predicted molar refractivity (Wildman–Crippen MR) is 87.9 cm³/mol. The molecule has 1 aromatic carbocycles. The Morgan fingerprint density at radius 2 is 2.04 bits per heavy atom. The second kappa shape index (κ2) is 6.05. The number of hydrogen-bond donors (Lipinski definition) is 1. The van der Waals surface area contributed by atoms with Gasteiger partial charge in [-0.3, -0.25) is 9.88 Å². The van der Waals surface area contributed by atoms with Crippen molar-refractivity contribution in [3.63, 3.8) is 0 Å². The van der Waals surface area contributed by atoms with Gasteiger partial charge in [-0.1, -0.05) is 23.4 Å². The van der Waals surface area contributed by atoms with Gasteiger partial charge < -0.3 is 4.74 Å². The molecule has 1 unspecified atom stereocenters. The number of nitrogens with one attached hydrogen (secondary N) is 1. The minimum absolute atomic E-state index is 0.343. The molecule has 1 amide bonds. The number of halogens is 1. The number of amides is 1. The summed E-state index contributed by atoms with van der Waals surface area (Å²) in [5.41, 5.74) is 0.649. The molecule has 0 radical (unpaired) electrons. The Hall–Kier alpha value is -1.73. The van der Waals surface area contributed by atoms with Crippen molar-refractivity contribution in [1.82, 2.24) is 14.8 Å². The summed E-state index contributed by atoms with van der Waals surface area (Å²) in [6, 6.07) is 6.91. The van der Waals surface area contributed by atoms with E-state index in [1.165, 1.54) is 0 Å². The van der Waals surface area contributed by atoms with Crippen LogP contribution in [-0.4, -0.2) is 26.6 Å². The van der Waals surface area contributed by atoms with Crippen LogP contribution in [0.2, 0.25) is 5.02 Å². The molecule has 1 aliphatic heterocycles. The maximum Gasteiger partial charge on any atom is 0.413 e. The summed E-state index contributed by atoms with van der Waals surface area (Å²) in [5.74, 6) is 2.26. The van der Waals surface area contributed by atoms with E-state index < -0.39 is 6.09 Å². The van der Waals surface area contributed by atoms with Gasteiger partial charge >= 0.3 is 6.09 Å². The fraction of sp³-hybridized carbons (Fsp3) is 0.400. The average Bonchev–Trinajstić information content (AvgIpc) is 3.29. The fourth-order valence-corrected chi connectivity index (χ4v) is 3.65. The highest BCUT2D eigenvalue weighted by molar-refractivity contribution is 7.99. The van der Waals surface area contributed by atoms with Crippen LogP contribution in [-0.2, 0) is 4.74 Å². The molecule has 1 aromatic heterocycles. The molecule has 1 N–H and O–H groups in total. The van der Waals surface area contributed by atoms with Gasteiger partial charge in [0.25, 0.3) is 0 Å². The predicted octanol–water partition coefficient (Wildman–Crippen LogP) is 4.05. The zero-order chi connectivity index (χ0) is 15.8. The van der Waals surface area contributed by atoms with Crippen LogP contribution in [0.25, 0.3) is 0 Å². The number of anilines is 1. The zero-order valence-electron chi connectivity index (χ0n) is 12.2. The van der Waals surface area contributed by atoms with Crippen LogP contribution in [0, 0.1) is 0 Å². The van der Waals surface area contributed by atoms with Crippen molar-refractivity contribution in [2.75, 3.05) is 11.1 Å². The maximum absolute atomic E-state index is 12.2. The molecule has 0 saturated heterocycles. The van der Waals surface area contributed by atoms with E-state index in [1.54, 1.807) is 36.0 Å². The van der Waals surface area contributed by atoms with E-state index in [9.17, 15) is 4.79 Å². The smallest absolute Gasteiger partial charge is 0.413 e. The molecule has 23 heavy (non-hydrogen) atoms. The Labute approximate surface area is 142 Å². The Morgan fingerprint density at radius 3 is 2.78 bits per heavy atom. The molecule has 8 heteroatoms. The van der Waals surface area contributed by atoms with E-state index in [1.807, 2.05) is 4.57 Å². The third kappa shape index (κ3) is 3.16. The third-order valence-electron chi connectivity index (χ3n) is 3.85. The number of ether oxygens (including phenoxy) is 1. The zero-order valence-corrected chi connectivity index (χ0v) is 13.8. The molecule has 2 heterocycles. The van der Waals surface area contributed by atoms with Crippen LogP contribution in [0.4, 0.5) is 10.5 Å². The lowest BCUT2D eigenvalue weighted by Crippen LogP contribution is -2.25. The van der Waals surface area contributed by atoms with Gasteiger partial charge in [0.15, 0.2) is 11.4 Å². The number of hydrogen-bond acceptors (Lipinski definition) is 5. The van der Waals surface area contributed by atoms with Crippen molar-refractivity contribution < 1.29 is 9.53 Å². The van der Waals surface area contributed by atoms with Gasteiger partial charge in [0.1, 0.15) is 5.82 Å². The van der Waals surface area contributed by atoms with Crippen LogP contribution in [0.5, 0.6) is 0 Å². The minimum atomic E-state index is -0.481. The lowest BCUT2D eigenvalue weighted by molar-refractivity contribution is 0.0540. The first-order chi connectivity index (χ1) is 11.2. The molecule has 2 aliphatic rings. The van der Waals surface area contributed by atoms with Gasteiger partial charge in [-0.2, -0.15) is 0 Å². The average molecular weight is 351 g/mol. The molecule has 4 rings (SSSR count). The number of benzene rings is 1. The van der Waals surface area contributed by atoms with Crippen molar-refractivity contribution in [3.05, 3.63) is 35.1 Å². The SMILES string of the molecule is O=C(Nc1ccc(Cl)cc1)OC1CCSc2nnc(C3CC3)n21. The summed E-state index contributed by atoms with van der Waals surface area (Å²) in [7, 11) is 0. The van der Waals surface area contributed by atoms with Gasteiger partial charge in [0, 0.05) is 28.8 Å². The Balaban J connectivity index is 1.48. The summed E-state index contributed by atoms with van der Waals surface area (Å²) in [6.45, 7) is 0. The number of fused-ring (bicyclic) bond motifs is 1. The molecule has 1 fully saturated rings. The molecule has 2 aromatic rings. The second-order valence-electron chi connectivity index (χ2n) is 5.61. The number of carbonyl (C=O) groups is 1. The molecule has 6 nitrogen and oxygen atoms in total. The lowest BCUT2D eigenvalue weighted by atomic mass is 10.3. The standard InChI is InChI=1S/C15H15ClN4O2S/c16-10-3-5-11(6-4-10)17-15(21)22-12-7-8-23-14-19-18-13(20(12)14)9-1-2-9/h3-6,9,12H,1-2,7-8H2,(H,17,21). The van der Waals surface area contributed by atoms with E-state index >= 15 is 0 Å². The van der Waals surface area contributed by atoms with Gasteiger partial charge in [-0.15, -0.1) is 10.2 Å². The van der Waals surface area contributed by atoms with Gasteiger partial charge in [-0.05, 0) is 37.1 Å². The molecule has 1 atom stereocenters. The van der Waals surface area contributed by atoms with Crippen LogP contribution in [0.3, 0.4) is 0 Å². The highest BCUT2D eigenvalue weighted by atomic mass is 35.5. The topological polar surface area (TPSA) is 69.0 Å². The third-order valence-corrected chi connectivity index (χ3v) is 5.08. The molecule has 0 spiro atoms. The largest absolute Gasteiger partial charge is 0.425 e. The van der Waals surface area contributed by atoms with Crippen LogP contribution in [0.15, 0.2) is 29.4 Å². The van der Waals surface area contributed by atoms with Crippen molar-refractivity contribution in [2.45, 2.75) is 36.6 Å². The summed E-state index contributed by atoms with van der Waals surface area (Å²) in [6.07, 6.45) is 2.19. The van der Waals surface area contributed by atoms with Crippen molar-refractivity contribution >= 4 is 35.1 Å². The molecular formula is C15H15ClN4O2S. The highest BCUT2D eigenvalue weighted by Gasteiger charge is 2.35. The normalized spacial score (nSPS) is 20.0. The summed E-state index contributed by atoms with van der Waals surface area (Å²) >= 11 is 7.49. The number of rotatable bonds is 3. The van der Waals surface area contributed by atoms with Gasteiger partial charge in [0.2, 0.25) is 0 Å². The Bertz CT molecular complexity index is 730. The Morgan fingerprint density at radius 1 is 1.26 bits per heavy atom. The summed E-state index contributed by atoms with van der Waals surface area (Å²) in [4.78, 5) is 12.2. The molecule has 0 bridgehead atoms. The van der Waals surface area contributed by atoms with E-state index in [-0.39, 0.29) is 6.23 Å². The van der Waals surface area contributed by atoms with Crippen molar-refractivity contribution in [2.24, 2.45) is 0 Å². The molecule has 120 valence electrons. The summed E-state index contributed by atoms with van der Waals surface area (Å²) in [5, 5.41) is 12.7. The quantitative estimate of drug-likeness (QED) is 0.904. The first kappa shape index (κ1) is 14.8. The van der Waals surface area contributed by atoms with Crippen molar-refractivity contribution in [1.29, 1.82) is 0 Å². The molecular weight excluding hydrogens is 336 g/mol. The van der Waals surface area contributed by atoms with Gasteiger partial charge in [0.05, 0.1) is 0 Å². The second-order valence-corrected chi connectivity index (χ2v) is 7.11. The number of nitrogens with zero attached hydrogens (tertiary/aromatic N) is 3. The van der Waals surface area contributed by atoms with E-state index in [0.29, 0.717) is 16.6 Å². The lowest BCUT2D eigenvalue weighted by Gasteiger charge is -2.25. The van der Waals surface area contributed by atoms with Crippen LogP contribution in [0.1, 0.15) is 37.2 Å². The highest BCUT2D eigenvalue weighted by Crippen LogP contribution is 2.43. The fourth-order valence-electron chi connectivity index (χ4n) is 2.57. The van der Waals surface area contributed by atoms with E-state index in [0.717, 1.165) is 36.0 Å². The minimum Gasteiger partial charge on any atom is -0.425 e. The Kier molecular flexibility index (Phi) is 3.90. The summed E-state index contributed by atoms with van der Waals surface area (Å²) < 4.78 is 7.59. The monoisotopic (exact) mass is 350 g/mol. The van der Waals surface area contributed by atoms with E-state index in [4.69, 9.17) is 16.3 Å². The van der Waals surface area contributed by atoms with E-state index in [2.05, 4.69) is 15.5 Å². The van der Waals surface area contributed by atoms with Crippen LogP contribution < -0.4 is 5.32 Å². The number of carbonyl (C=O) groups excluding carboxylic acids is 1.